The van der Waals surface area contributed by atoms with Gasteiger partial charge in [-0.1, -0.05) is 35.9 Å². The number of rotatable bonds is 6. The van der Waals surface area contributed by atoms with Gasteiger partial charge in [-0.25, -0.2) is 13.2 Å². The van der Waals surface area contributed by atoms with Crippen molar-refractivity contribution in [1.29, 1.82) is 0 Å². The van der Waals surface area contributed by atoms with E-state index in [0.717, 1.165) is 0 Å². The van der Waals surface area contributed by atoms with E-state index in [9.17, 15) is 13.2 Å². The Morgan fingerprint density at radius 1 is 1.12 bits per heavy atom. The molecule has 0 fully saturated rings. The van der Waals surface area contributed by atoms with Crippen LogP contribution in [0.15, 0.2) is 54.6 Å². The number of anilines is 2. The summed E-state index contributed by atoms with van der Waals surface area (Å²) in [7, 11) is -2.04. The number of nitrogens with one attached hydrogen (secondary N) is 2. The molecule has 2 aromatic carbocycles. The fourth-order valence-electron chi connectivity index (χ4n) is 1.97. The smallest absolute Gasteiger partial charge is 0.319 e. The standard InChI is InChI=1S/C16H18ClN3O3S/c1-20(15-8-3-2-4-9-15)24(22,23)11-10-18-16(21)19-14-7-5-6-13(17)12-14/h2-9,12H,10-11H2,1H3,(H2,18,19,21). The summed E-state index contributed by atoms with van der Waals surface area (Å²) in [6.07, 6.45) is 0. The molecule has 0 atom stereocenters. The second-order valence-corrected chi connectivity index (χ2v) is 7.57. The molecule has 0 unspecified atom stereocenters. The van der Waals surface area contributed by atoms with E-state index in [-0.39, 0.29) is 12.3 Å². The molecule has 2 N–H and O–H groups in total. The fraction of sp³-hybridized carbons (Fsp3) is 0.188. The van der Waals surface area contributed by atoms with Crippen LogP contribution in [0.25, 0.3) is 0 Å². The number of amides is 2. The zero-order valence-corrected chi connectivity index (χ0v) is 14.6. The van der Waals surface area contributed by atoms with Crippen LogP contribution in [0.4, 0.5) is 16.2 Å². The minimum atomic E-state index is -3.52. The molecule has 6 nitrogen and oxygen atoms in total. The number of urea groups is 1. The Hall–Kier alpha value is -2.25. The molecule has 0 aliphatic heterocycles. The number of para-hydroxylation sites is 1. The van der Waals surface area contributed by atoms with Gasteiger partial charge in [0.05, 0.1) is 11.4 Å². The number of halogens is 1. The van der Waals surface area contributed by atoms with E-state index in [1.165, 1.54) is 11.4 Å². The predicted molar refractivity (Wildman–Crippen MR) is 97.1 cm³/mol. The lowest BCUT2D eigenvalue weighted by atomic mass is 10.3. The van der Waals surface area contributed by atoms with Crippen molar-refractivity contribution in [3.05, 3.63) is 59.6 Å². The van der Waals surface area contributed by atoms with Crippen LogP contribution in [0.1, 0.15) is 0 Å². The van der Waals surface area contributed by atoms with E-state index in [2.05, 4.69) is 10.6 Å². The SMILES string of the molecule is CN(c1ccccc1)S(=O)(=O)CCNC(=O)Nc1cccc(Cl)c1. The fourth-order valence-corrected chi connectivity index (χ4v) is 3.24. The number of carbonyl (C=O) groups excluding carboxylic acids is 1. The maximum Gasteiger partial charge on any atom is 0.319 e. The van der Waals surface area contributed by atoms with Gasteiger partial charge in [0.1, 0.15) is 0 Å². The molecule has 0 bridgehead atoms. The van der Waals surface area contributed by atoms with Gasteiger partial charge in [0.15, 0.2) is 0 Å². The molecule has 0 heterocycles. The van der Waals surface area contributed by atoms with Gasteiger partial charge in [-0.05, 0) is 30.3 Å². The molecule has 0 radical (unpaired) electrons. The topological polar surface area (TPSA) is 78.5 Å². The van der Waals surface area contributed by atoms with Gasteiger partial charge >= 0.3 is 6.03 Å². The first-order chi connectivity index (χ1) is 11.4. The molecule has 8 heteroatoms. The summed E-state index contributed by atoms with van der Waals surface area (Å²) in [4.78, 5) is 11.8. The molecule has 0 saturated heterocycles. The Morgan fingerprint density at radius 3 is 2.50 bits per heavy atom. The highest BCUT2D eigenvalue weighted by atomic mass is 35.5. The van der Waals surface area contributed by atoms with Crippen LogP contribution in [-0.2, 0) is 10.0 Å². The maximum absolute atomic E-state index is 12.3. The molecule has 0 spiro atoms. The summed E-state index contributed by atoms with van der Waals surface area (Å²) in [5.41, 5.74) is 1.10. The van der Waals surface area contributed by atoms with Crippen LogP contribution in [-0.4, -0.2) is 33.8 Å². The summed E-state index contributed by atoms with van der Waals surface area (Å²) >= 11 is 5.83. The number of nitrogens with zero attached hydrogens (tertiary/aromatic N) is 1. The molecule has 0 aliphatic carbocycles. The summed E-state index contributed by atoms with van der Waals surface area (Å²) in [6, 6.07) is 14.9. The Labute approximate surface area is 146 Å². The molecule has 0 aromatic heterocycles. The monoisotopic (exact) mass is 367 g/mol. The van der Waals surface area contributed by atoms with Gasteiger partial charge in [0, 0.05) is 24.3 Å². The summed E-state index contributed by atoms with van der Waals surface area (Å²) in [5, 5.41) is 5.60. The zero-order chi connectivity index (χ0) is 17.6. The summed E-state index contributed by atoms with van der Waals surface area (Å²) in [6.45, 7) is -0.00803. The van der Waals surface area contributed by atoms with Crippen molar-refractivity contribution >= 4 is 39.0 Å². The molecule has 24 heavy (non-hydrogen) atoms. The van der Waals surface area contributed by atoms with Crippen molar-refractivity contribution in [3.8, 4) is 0 Å². The van der Waals surface area contributed by atoms with Gasteiger partial charge in [-0.15, -0.1) is 0 Å². The zero-order valence-electron chi connectivity index (χ0n) is 13.1. The lowest BCUT2D eigenvalue weighted by Gasteiger charge is -2.19. The second-order valence-electron chi connectivity index (χ2n) is 5.01. The van der Waals surface area contributed by atoms with Crippen LogP contribution in [0.2, 0.25) is 5.02 Å². The van der Waals surface area contributed by atoms with E-state index >= 15 is 0 Å². The minimum Gasteiger partial charge on any atom is -0.337 e. The van der Waals surface area contributed by atoms with Crippen LogP contribution >= 0.6 is 11.6 Å². The van der Waals surface area contributed by atoms with Crippen molar-refractivity contribution in [2.24, 2.45) is 0 Å². The first-order valence-electron chi connectivity index (χ1n) is 7.20. The van der Waals surface area contributed by atoms with E-state index < -0.39 is 16.1 Å². The van der Waals surface area contributed by atoms with Crippen molar-refractivity contribution in [1.82, 2.24) is 5.32 Å². The number of hydrogen-bond donors (Lipinski definition) is 2. The number of hydrogen-bond acceptors (Lipinski definition) is 3. The van der Waals surface area contributed by atoms with Gasteiger partial charge < -0.3 is 10.6 Å². The molecule has 0 saturated carbocycles. The molecule has 128 valence electrons. The van der Waals surface area contributed by atoms with Crippen molar-refractivity contribution in [2.75, 3.05) is 29.0 Å². The van der Waals surface area contributed by atoms with Crippen LogP contribution in [0, 0.1) is 0 Å². The first kappa shape index (κ1) is 18.1. The van der Waals surface area contributed by atoms with Crippen molar-refractivity contribution < 1.29 is 13.2 Å². The van der Waals surface area contributed by atoms with Crippen molar-refractivity contribution in [3.63, 3.8) is 0 Å². The van der Waals surface area contributed by atoms with Crippen LogP contribution < -0.4 is 14.9 Å². The van der Waals surface area contributed by atoms with E-state index in [0.29, 0.717) is 16.4 Å². The highest BCUT2D eigenvalue weighted by molar-refractivity contribution is 7.92. The highest BCUT2D eigenvalue weighted by Gasteiger charge is 2.18. The van der Waals surface area contributed by atoms with Gasteiger partial charge in [-0.3, -0.25) is 4.31 Å². The number of sulfonamides is 1. The third-order valence-corrected chi connectivity index (χ3v) is 5.27. The molecule has 0 aliphatic rings. The molecule has 2 rings (SSSR count). The Balaban J connectivity index is 1.85. The van der Waals surface area contributed by atoms with E-state index in [1.807, 2.05) is 6.07 Å². The van der Waals surface area contributed by atoms with Crippen molar-refractivity contribution in [2.45, 2.75) is 0 Å². The minimum absolute atomic E-state index is 0.00803. The quantitative estimate of drug-likeness (QED) is 0.823. The average molecular weight is 368 g/mol. The Bertz CT molecular complexity index is 797. The molecular weight excluding hydrogens is 350 g/mol. The predicted octanol–water partition coefficient (Wildman–Crippen LogP) is 2.93. The highest BCUT2D eigenvalue weighted by Crippen LogP contribution is 2.16. The third-order valence-electron chi connectivity index (χ3n) is 3.27. The van der Waals surface area contributed by atoms with Gasteiger partial charge in [0.2, 0.25) is 10.0 Å². The maximum atomic E-state index is 12.3. The first-order valence-corrected chi connectivity index (χ1v) is 9.19. The lowest BCUT2D eigenvalue weighted by Crippen LogP contribution is -2.37. The molecular formula is C16H18ClN3O3S. The van der Waals surface area contributed by atoms with Gasteiger partial charge in [-0.2, -0.15) is 0 Å². The van der Waals surface area contributed by atoms with E-state index in [4.69, 9.17) is 11.6 Å². The average Bonchev–Trinajstić information content (AvgIpc) is 2.54. The van der Waals surface area contributed by atoms with E-state index in [1.54, 1.807) is 48.5 Å². The largest absolute Gasteiger partial charge is 0.337 e. The van der Waals surface area contributed by atoms with Gasteiger partial charge in [0.25, 0.3) is 0 Å². The lowest BCUT2D eigenvalue weighted by molar-refractivity contribution is 0.252. The van der Waals surface area contributed by atoms with Crippen LogP contribution in [0.3, 0.4) is 0 Å². The number of carbonyl (C=O) groups is 1. The molecule has 2 aromatic rings. The third kappa shape index (κ3) is 5.14. The normalized spacial score (nSPS) is 10.9. The summed E-state index contributed by atoms with van der Waals surface area (Å²) in [5.74, 6) is -0.207. The second kappa shape index (κ2) is 8.03. The van der Waals surface area contributed by atoms with Crippen LogP contribution in [0.5, 0.6) is 0 Å². The molecule has 2 amide bonds. The summed E-state index contributed by atoms with van der Waals surface area (Å²) < 4.78 is 25.7. The number of benzene rings is 2. The Morgan fingerprint density at radius 2 is 1.83 bits per heavy atom. The Kier molecular flexibility index (Phi) is 6.05.